The fourth-order valence-electron chi connectivity index (χ4n) is 3.88. The van der Waals surface area contributed by atoms with E-state index in [9.17, 15) is 23.1 Å². The van der Waals surface area contributed by atoms with E-state index in [2.05, 4.69) is 0 Å². The van der Waals surface area contributed by atoms with Crippen molar-refractivity contribution < 1.29 is 23.1 Å². The van der Waals surface area contributed by atoms with Crippen LogP contribution in [0.15, 0.2) is 48.5 Å². The number of aliphatic carboxylic acids is 1. The summed E-state index contributed by atoms with van der Waals surface area (Å²) in [5.41, 5.74) is 1.87. The standard InChI is InChI=1S/C22H24F3NO2/c1-2-15-8-10-16(11-9-15)20(26-12-4-6-18(14-26)21(27)28)17-5-3-7-19(13-17)22(23,24)25/h3,5,7-11,13,18,20H,2,4,6,12,14H2,1H3,(H,27,28). The average Bonchev–Trinajstić information content (AvgIpc) is 2.68. The minimum atomic E-state index is -4.42. The summed E-state index contributed by atoms with van der Waals surface area (Å²) in [4.78, 5) is 13.5. The van der Waals surface area contributed by atoms with Crippen molar-refractivity contribution in [1.29, 1.82) is 0 Å². The largest absolute Gasteiger partial charge is 0.481 e. The van der Waals surface area contributed by atoms with Gasteiger partial charge in [-0.3, -0.25) is 9.69 Å². The number of rotatable bonds is 5. The number of aryl methyl sites for hydroxylation is 1. The molecule has 1 aliphatic rings. The van der Waals surface area contributed by atoms with Crippen molar-refractivity contribution in [3.8, 4) is 0 Å². The first-order chi connectivity index (χ1) is 13.3. The molecule has 0 aromatic heterocycles. The maximum atomic E-state index is 13.3. The van der Waals surface area contributed by atoms with Gasteiger partial charge in [-0.1, -0.05) is 43.3 Å². The van der Waals surface area contributed by atoms with Crippen molar-refractivity contribution in [3.05, 3.63) is 70.8 Å². The van der Waals surface area contributed by atoms with E-state index in [4.69, 9.17) is 0 Å². The highest BCUT2D eigenvalue weighted by Gasteiger charge is 2.34. The van der Waals surface area contributed by atoms with Crippen LogP contribution in [0.4, 0.5) is 13.2 Å². The topological polar surface area (TPSA) is 40.5 Å². The normalized spacial score (nSPS) is 19.4. The van der Waals surface area contributed by atoms with Crippen LogP contribution >= 0.6 is 0 Å². The van der Waals surface area contributed by atoms with Gasteiger partial charge >= 0.3 is 12.1 Å². The molecule has 150 valence electrons. The second kappa shape index (κ2) is 8.35. The van der Waals surface area contributed by atoms with Gasteiger partial charge in [0.2, 0.25) is 0 Å². The van der Waals surface area contributed by atoms with E-state index in [1.165, 1.54) is 12.1 Å². The van der Waals surface area contributed by atoms with Crippen molar-refractivity contribution in [2.24, 2.45) is 5.92 Å². The highest BCUT2D eigenvalue weighted by Crippen LogP contribution is 2.36. The summed E-state index contributed by atoms with van der Waals surface area (Å²) >= 11 is 0. The van der Waals surface area contributed by atoms with Crippen LogP contribution in [0, 0.1) is 5.92 Å². The summed E-state index contributed by atoms with van der Waals surface area (Å²) in [5.74, 6) is -1.36. The maximum Gasteiger partial charge on any atom is 0.416 e. The SMILES string of the molecule is CCc1ccc(C(c2cccc(C(F)(F)F)c2)N2CCCC(C(=O)O)C2)cc1. The molecule has 2 atom stereocenters. The summed E-state index contributed by atoms with van der Waals surface area (Å²) in [5, 5.41) is 9.42. The minimum Gasteiger partial charge on any atom is -0.481 e. The fourth-order valence-corrected chi connectivity index (χ4v) is 3.88. The summed E-state index contributed by atoms with van der Waals surface area (Å²) in [6, 6.07) is 12.8. The number of carbonyl (C=O) groups is 1. The number of carboxylic acids is 1. The Morgan fingerprint density at radius 3 is 2.50 bits per heavy atom. The van der Waals surface area contributed by atoms with Gasteiger partial charge in [0.25, 0.3) is 0 Å². The second-order valence-corrected chi connectivity index (χ2v) is 7.29. The third kappa shape index (κ3) is 4.55. The van der Waals surface area contributed by atoms with Gasteiger partial charge in [-0.2, -0.15) is 13.2 Å². The molecule has 1 heterocycles. The van der Waals surface area contributed by atoms with Crippen molar-refractivity contribution in [2.45, 2.75) is 38.4 Å². The number of carboxylic acid groups (broad SMARTS) is 1. The van der Waals surface area contributed by atoms with Gasteiger partial charge in [0, 0.05) is 6.54 Å². The van der Waals surface area contributed by atoms with E-state index < -0.39 is 29.7 Å². The average molecular weight is 391 g/mol. The number of hydrogen-bond acceptors (Lipinski definition) is 2. The smallest absolute Gasteiger partial charge is 0.416 e. The van der Waals surface area contributed by atoms with Crippen LogP contribution in [-0.4, -0.2) is 29.1 Å². The summed E-state index contributed by atoms with van der Waals surface area (Å²) < 4.78 is 39.8. The van der Waals surface area contributed by atoms with Crippen molar-refractivity contribution >= 4 is 5.97 Å². The van der Waals surface area contributed by atoms with Crippen LogP contribution in [0.5, 0.6) is 0 Å². The molecule has 0 amide bonds. The zero-order chi connectivity index (χ0) is 20.3. The molecule has 6 heteroatoms. The predicted molar refractivity (Wildman–Crippen MR) is 101 cm³/mol. The molecule has 1 saturated heterocycles. The molecular formula is C22H24F3NO2. The zero-order valence-corrected chi connectivity index (χ0v) is 15.7. The lowest BCUT2D eigenvalue weighted by Crippen LogP contribution is -2.41. The van der Waals surface area contributed by atoms with Crippen LogP contribution < -0.4 is 0 Å². The minimum absolute atomic E-state index is 0.325. The van der Waals surface area contributed by atoms with E-state index in [-0.39, 0.29) is 0 Å². The first-order valence-electron chi connectivity index (χ1n) is 9.52. The number of likely N-dealkylation sites (tertiary alicyclic amines) is 1. The highest BCUT2D eigenvalue weighted by molar-refractivity contribution is 5.70. The monoisotopic (exact) mass is 391 g/mol. The van der Waals surface area contributed by atoms with E-state index in [0.717, 1.165) is 23.6 Å². The number of halogens is 3. The van der Waals surface area contributed by atoms with Gasteiger partial charge in [-0.15, -0.1) is 0 Å². The van der Waals surface area contributed by atoms with Gasteiger partial charge in [0.15, 0.2) is 0 Å². The summed E-state index contributed by atoms with van der Waals surface area (Å²) in [6.07, 6.45) is -2.24. The maximum absolute atomic E-state index is 13.3. The lowest BCUT2D eigenvalue weighted by molar-refractivity contribution is -0.143. The van der Waals surface area contributed by atoms with Crippen LogP contribution in [0.2, 0.25) is 0 Å². The fraction of sp³-hybridized carbons (Fsp3) is 0.409. The first-order valence-corrected chi connectivity index (χ1v) is 9.52. The number of benzene rings is 2. The molecule has 2 unspecified atom stereocenters. The molecule has 1 N–H and O–H groups in total. The van der Waals surface area contributed by atoms with E-state index in [1.54, 1.807) is 6.07 Å². The second-order valence-electron chi connectivity index (χ2n) is 7.29. The molecule has 3 nitrogen and oxygen atoms in total. The number of alkyl halides is 3. The van der Waals surface area contributed by atoms with Crippen LogP contribution in [0.25, 0.3) is 0 Å². The third-order valence-electron chi connectivity index (χ3n) is 5.40. The molecule has 28 heavy (non-hydrogen) atoms. The van der Waals surface area contributed by atoms with Gasteiger partial charge in [0.1, 0.15) is 0 Å². The molecule has 2 aromatic rings. The first kappa shape index (κ1) is 20.4. The number of nitrogens with zero attached hydrogens (tertiary/aromatic N) is 1. The van der Waals surface area contributed by atoms with Crippen LogP contribution in [0.3, 0.4) is 0 Å². The van der Waals surface area contributed by atoms with E-state index in [0.29, 0.717) is 31.5 Å². The lowest BCUT2D eigenvalue weighted by Gasteiger charge is -2.38. The van der Waals surface area contributed by atoms with Gasteiger partial charge < -0.3 is 5.11 Å². The number of piperidine rings is 1. The van der Waals surface area contributed by atoms with Crippen molar-refractivity contribution in [3.63, 3.8) is 0 Å². The Labute approximate surface area is 162 Å². The van der Waals surface area contributed by atoms with Gasteiger partial charge in [-0.25, -0.2) is 0 Å². The van der Waals surface area contributed by atoms with E-state index in [1.807, 2.05) is 36.1 Å². The zero-order valence-electron chi connectivity index (χ0n) is 15.7. The third-order valence-corrected chi connectivity index (χ3v) is 5.40. The Morgan fingerprint density at radius 1 is 1.18 bits per heavy atom. The Hall–Kier alpha value is -2.34. The molecule has 3 rings (SSSR count). The van der Waals surface area contributed by atoms with E-state index >= 15 is 0 Å². The Balaban J connectivity index is 2.02. The van der Waals surface area contributed by atoms with Crippen LogP contribution in [-0.2, 0) is 17.4 Å². The van der Waals surface area contributed by atoms with Crippen molar-refractivity contribution in [2.75, 3.05) is 13.1 Å². The molecule has 0 aliphatic carbocycles. The molecule has 0 radical (unpaired) electrons. The molecular weight excluding hydrogens is 367 g/mol. The summed E-state index contributed by atoms with van der Waals surface area (Å²) in [7, 11) is 0. The van der Waals surface area contributed by atoms with Crippen molar-refractivity contribution in [1.82, 2.24) is 4.90 Å². The van der Waals surface area contributed by atoms with Gasteiger partial charge in [0.05, 0.1) is 17.5 Å². The summed E-state index contributed by atoms with van der Waals surface area (Å²) in [6.45, 7) is 3.02. The van der Waals surface area contributed by atoms with Crippen LogP contribution in [0.1, 0.15) is 48.1 Å². The number of hydrogen-bond donors (Lipinski definition) is 1. The quantitative estimate of drug-likeness (QED) is 0.766. The highest BCUT2D eigenvalue weighted by atomic mass is 19.4. The Morgan fingerprint density at radius 2 is 1.89 bits per heavy atom. The lowest BCUT2D eigenvalue weighted by atomic mass is 9.90. The van der Waals surface area contributed by atoms with Gasteiger partial charge in [-0.05, 0) is 54.6 Å². The Kier molecular flexibility index (Phi) is 6.08. The molecule has 0 bridgehead atoms. The molecule has 1 fully saturated rings. The molecule has 0 saturated carbocycles. The molecule has 0 spiro atoms. The predicted octanol–water partition coefficient (Wildman–Crippen LogP) is 5.15. The molecule has 2 aromatic carbocycles. The molecule has 1 aliphatic heterocycles. The Bertz CT molecular complexity index is 817.